The molecule has 104 valence electrons. The largest absolute Gasteiger partial charge is 0.398 e. The third-order valence-corrected chi connectivity index (χ3v) is 4.10. The van der Waals surface area contributed by atoms with Gasteiger partial charge in [0, 0.05) is 42.1 Å². The third kappa shape index (κ3) is 2.73. The Labute approximate surface area is 115 Å². The van der Waals surface area contributed by atoms with E-state index < -0.39 is 0 Å². The summed E-state index contributed by atoms with van der Waals surface area (Å²) in [4.78, 5) is 16.3. The minimum atomic E-state index is 0.0211. The maximum Gasteiger partial charge on any atom is 0.161 e. The zero-order valence-electron chi connectivity index (χ0n) is 12.2. The van der Waals surface area contributed by atoms with Crippen LogP contribution in [-0.2, 0) is 0 Å². The summed E-state index contributed by atoms with van der Waals surface area (Å²) < 4.78 is 0. The lowest BCUT2D eigenvalue weighted by Crippen LogP contribution is -2.57. The van der Waals surface area contributed by atoms with E-state index in [0.717, 1.165) is 25.3 Å². The first-order valence-electron chi connectivity index (χ1n) is 6.68. The van der Waals surface area contributed by atoms with Crippen molar-refractivity contribution < 1.29 is 4.79 Å². The highest BCUT2D eigenvalue weighted by atomic mass is 16.1. The first kappa shape index (κ1) is 13.9. The molecule has 0 spiro atoms. The summed E-state index contributed by atoms with van der Waals surface area (Å²) in [5.41, 5.74) is 8.25. The van der Waals surface area contributed by atoms with Crippen molar-refractivity contribution in [1.82, 2.24) is 4.90 Å². The predicted octanol–water partition coefficient (Wildman–Crippen LogP) is 2.00. The van der Waals surface area contributed by atoms with E-state index in [-0.39, 0.29) is 11.3 Å². The number of carbonyl (C=O) groups is 1. The molecule has 4 nitrogen and oxygen atoms in total. The van der Waals surface area contributed by atoms with Gasteiger partial charge in [0.15, 0.2) is 5.78 Å². The van der Waals surface area contributed by atoms with Crippen LogP contribution >= 0.6 is 0 Å². The van der Waals surface area contributed by atoms with E-state index in [2.05, 4.69) is 30.7 Å². The van der Waals surface area contributed by atoms with Crippen molar-refractivity contribution in [3.05, 3.63) is 23.8 Å². The van der Waals surface area contributed by atoms with Gasteiger partial charge in [-0.1, -0.05) is 0 Å². The summed E-state index contributed by atoms with van der Waals surface area (Å²) in [7, 11) is 2.15. The molecule has 1 saturated heterocycles. The molecule has 2 rings (SSSR count). The molecule has 1 aromatic rings. The second-order valence-corrected chi connectivity index (χ2v) is 5.98. The number of likely N-dealkylation sites (N-methyl/N-ethyl adjacent to an activating group) is 1. The summed E-state index contributed by atoms with van der Waals surface area (Å²) in [5.74, 6) is 0.0211. The SMILES string of the molecule is CC(=O)c1cc(N2CCN(C)C(C)(C)C2)ccc1N. The Balaban J connectivity index is 2.28. The monoisotopic (exact) mass is 261 g/mol. The fraction of sp³-hybridized carbons (Fsp3) is 0.533. The number of Topliss-reactive ketones (excluding diaryl/α,β-unsaturated/α-hetero) is 1. The van der Waals surface area contributed by atoms with Gasteiger partial charge in [0.2, 0.25) is 0 Å². The second kappa shape index (κ2) is 4.85. The molecule has 1 fully saturated rings. The molecule has 0 unspecified atom stereocenters. The van der Waals surface area contributed by atoms with Crippen molar-refractivity contribution in [3.8, 4) is 0 Å². The van der Waals surface area contributed by atoms with Crippen LogP contribution in [0.3, 0.4) is 0 Å². The van der Waals surface area contributed by atoms with Crippen LogP contribution in [-0.4, -0.2) is 42.9 Å². The number of nitrogens with two attached hydrogens (primary N) is 1. The van der Waals surface area contributed by atoms with Crippen LogP contribution in [0, 0.1) is 0 Å². The Hall–Kier alpha value is -1.55. The second-order valence-electron chi connectivity index (χ2n) is 5.98. The van der Waals surface area contributed by atoms with Gasteiger partial charge in [0.05, 0.1) is 0 Å². The van der Waals surface area contributed by atoms with Crippen molar-refractivity contribution in [1.29, 1.82) is 0 Å². The Morgan fingerprint density at radius 2 is 2.00 bits per heavy atom. The highest BCUT2D eigenvalue weighted by Gasteiger charge is 2.31. The smallest absolute Gasteiger partial charge is 0.161 e. The number of rotatable bonds is 2. The average molecular weight is 261 g/mol. The van der Waals surface area contributed by atoms with E-state index in [4.69, 9.17) is 5.73 Å². The third-order valence-electron chi connectivity index (χ3n) is 4.10. The molecule has 0 aliphatic carbocycles. The summed E-state index contributed by atoms with van der Waals surface area (Å²) in [5, 5.41) is 0. The zero-order valence-corrected chi connectivity index (χ0v) is 12.2. The molecule has 1 heterocycles. The fourth-order valence-corrected chi connectivity index (χ4v) is 2.51. The van der Waals surface area contributed by atoms with Gasteiger partial charge in [-0.2, -0.15) is 0 Å². The van der Waals surface area contributed by atoms with Gasteiger partial charge in [-0.3, -0.25) is 9.69 Å². The van der Waals surface area contributed by atoms with Crippen LogP contribution < -0.4 is 10.6 Å². The quantitative estimate of drug-likeness (QED) is 0.653. The topological polar surface area (TPSA) is 49.6 Å². The number of carbonyl (C=O) groups excluding carboxylic acids is 1. The van der Waals surface area contributed by atoms with Crippen LogP contribution in [0.15, 0.2) is 18.2 Å². The van der Waals surface area contributed by atoms with Crippen molar-refractivity contribution >= 4 is 17.2 Å². The molecule has 0 aromatic heterocycles. The summed E-state index contributed by atoms with van der Waals surface area (Å²) in [6.07, 6.45) is 0. The van der Waals surface area contributed by atoms with Gasteiger partial charge in [-0.25, -0.2) is 0 Å². The zero-order chi connectivity index (χ0) is 14.2. The van der Waals surface area contributed by atoms with Gasteiger partial charge >= 0.3 is 0 Å². The maximum atomic E-state index is 11.6. The molecule has 2 N–H and O–H groups in total. The normalized spacial score (nSPS) is 19.5. The van der Waals surface area contributed by atoms with Crippen LogP contribution in [0.25, 0.3) is 0 Å². The lowest BCUT2D eigenvalue weighted by Gasteiger charge is -2.46. The molecule has 0 saturated carbocycles. The standard InChI is InChI=1S/C15H23N3O/c1-11(19)13-9-12(5-6-14(13)16)18-8-7-17(4)15(2,3)10-18/h5-6,9H,7-8,10,16H2,1-4H3. The molecule has 0 radical (unpaired) electrons. The van der Waals surface area contributed by atoms with E-state index in [1.807, 2.05) is 18.2 Å². The van der Waals surface area contributed by atoms with Crippen molar-refractivity contribution in [2.75, 3.05) is 37.3 Å². The van der Waals surface area contributed by atoms with Crippen molar-refractivity contribution in [3.63, 3.8) is 0 Å². The molecular weight excluding hydrogens is 238 g/mol. The van der Waals surface area contributed by atoms with Gasteiger partial charge in [-0.05, 0) is 46.0 Å². The maximum absolute atomic E-state index is 11.6. The number of ketones is 1. The van der Waals surface area contributed by atoms with E-state index in [1.54, 1.807) is 6.92 Å². The first-order valence-corrected chi connectivity index (χ1v) is 6.68. The van der Waals surface area contributed by atoms with E-state index in [9.17, 15) is 4.79 Å². The Bertz CT molecular complexity index is 496. The van der Waals surface area contributed by atoms with Gasteiger partial charge in [0.25, 0.3) is 0 Å². The summed E-state index contributed by atoms with van der Waals surface area (Å²) in [6.45, 7) is 8.98. The van der Waals surface area contributed by atoms with E-state index in [1.165, 1.54) is 0 Å². The lowest BCUT2D eigenvalue weighted by molar-refractivity contribution is 0.101. The molecule has 4 heteroatoms. The van der Waals surface area contributed by atoms with Gasteiger partial charge in [0.1, 0.15) is 0 Å². The highest BCUT2D eigenvalue weighted by Crippen LogP contribution is 2.27. The molecular formula is C15H23N3O. The van der Waals surface area contributed by atoms with E-state index in [0.29, 0.717) is 11.3 Å². The van der Waals surface area contributed by atoms with Crippen LogP contribution in [0.2, 0.25) is 0 Å². The number of benzene rings is 1. The number of nitrogens with zero attached hydrogens (tertiary/aromatic N) is 2. The highest BCUT2D eigenvalue weighted by molar-refractivity contribution is 6.00. The number of nitrogen functional groups attached to an aromatic ring is 1. The Morgan fingerprint density at radius 1 is 1.32 bits per heavy atom. The number of piperazine rings is 1. The van der Waals surface area contributed by atoms with Crippen molar-refractivity contribution in [2.24, 2.45) is 0 Å². The average Bonchev–Trinajstić information content (AvgIpc) is 2.33. The number of hydrogen-bond acceptors (Lipinski definition) is 4. The molecule has 1 aliphatic rings. The molecule has 1 aliphatic heterocycles. The van der Waals surface area contributed by atoms with Crippen LogP contribution in [0.1, 0.15) is 31.1 Å². The van der Waals surface area contributed by atoms with Gasteiger partial charge in [-0.15, -0.1) is 0 Å². The predicted molar refractivity (Wildman–Crippen MR) is 79.8 cm³/mol. The fourth-order valence-electron chi connectivity index (χ4n) is 2.51. The molecule has 0 atom stereocenters. The summed E-state index contributed by atoms with van der Waals surface area (Å²) >= 11 is 0. The first-order chi connectivity index (χ1) is 8.81. The minimum Gasteiger partial charge on any atom is -0.398 e. The van der Waals surface area contributed by atoms with Crippen LogP contribution in [0.4, 0.5) is 11.4 Å². The molecule has 0 amide bonds. The molecule has 1 aromatic carbocycles. The Kier molecular flexibility index (Phi) is 3.54. The van der Waals surface area contributed by atoms with E-state index >= 15 is 0 Å². The molecule has 0 bridgehead atoms. The number of anilines is 2. The van der Waals surface area contributed by atoms with Crippen LogP contribution in [0.5, 0.6) is 0 Å². The number of hydrogen-bond donors (Lipinski definition) is 1. The lowest BCUT2D eigenvalue weighted by atomic mass is 9.98. The summed E-state index contributed by atoms with van der Waals surface area (Å²) in [6, 6.07) is 5.75. The molecule has 19 heavy (non-hydrogen) atoms. The van der Waals surface area contributed by atoms with Crippen molar-refractivity contribution in [2.45, 2.75) is 26.3 Å². The Morgan fingerprint density at radius 3 is 2.58 bits per heavy atom. The van der Waals surface area contributed by atoms with Gasteiger partial charge < -0.3 is 10.6 Å². The minimum absolute atomic E-state index is 0.0211.